The third-order valence-electron chi connectivity index (χ3n) is 6.89. The van der Waals surface area contributed by atoms with Gasteiger partial charge in [-0.2, -0.15) is 10.4 Å². The van der Waals surface area contributed by atoms with Gasteiger partial charge in [0.1, 0.15) is 29.9 Å². The summed E-state index contributed by atoms with van der Waals surface area (Å²) < 4.78 is 42.7. The first-order valence-corrected chi connectivity index (χ1v) is 14.0. The van der Waals surface area contributed by atoms with Crippen molar-refractivity contribution in [1.82, 2.24) is 14.8 Å². The molecule has 0 saturated carbocycles. The van der Waals surface area contributed by atoms with Gasteiger partial charge in [-0.3, -0.25) is 4.79 Å². The molecule has 2 atom stereocenters. The fraction of sp³-hybridized carbons (Fsp3) is 0.267. The summed E-state index contributed by atoms with van der Waals surface area (Å²) in [6.45, 7) is 2.18. The summed E-state index contributed by atoms with van der Waals surface area (Å²) in [6.07, 6.45) is 3.32. The molecule has 2 N–H and O–H groups in total. The first-order chi connectivity index (χ1) is 20.2. The van der Waals surface area contributed by atoms with Gasteiger partial charge in [-0.1, -0.05) is 30.0 Å². The van der Waals surface area contributed by atoms with Crippen LogP contribution in [-0.4, -0.2) is 44.2 Å². The number of benzene rings is 3. The average Bonchev–Trinajstić information content (AvgIpc) is 3.50. The fourth-order valence-corrected chi connectivity index (χ4v) is 6.09. The van der Waals surface area contributed by atoms with E-state index in [1.165, 1.54) is 23.4 Å². The Kier molecular flexibility index (Phi) is 8.65. The van der Waals surface area contributed by atoms with Crippen molar-refractivity contribution >= 4 is 23.4 Å². The largest absolute Gasteiger partial charge is 0.382 e. The van der Waals surface area contributed by atoms with Crippen LogP contribution in [0, 0.1) is 23.0 Å². The van der Waals surface area contributed by atoms with Crippen molar-refractivity contribution in [3.05, 3.63) is 113 Å². The molecular formula is C30H27F2N5O4S. The van der Waals surface area contributed by atoms with Crippen LogP contribution >= 0.6 is 11.8 Å². The standard InChI is InChI=1S/C30H27F2N5O4S/c1-20(29(39,17-37-19-34-18-35-37)26-11-8-24(31)15-27(26)32)42-30(40-12-3-13-41-30)23-5-2-4-22(14-23)28(38)36-25-9-6-21(16-33)7-10-25/h2,4-11,14-15,18-20,39H,3,12-13,17H2,1H3,(H,36,38)/t20-,29+/m0/s1. The first kappa shape index (κ1) is 29.3. The fourth-order valence-electron chi connectivity index (χ4n) is 4.66. The Morgan fingerprint density at radius 2 is 1.95 bits per heavy atom. The minimum atomic E-state index is -1.90. The number of aliphatic hydroxyl groups is 1. The number of carbonyl (C=O) groups is 1. The van der Waals surface area contributed by atoms with Crippen LogP contribution in [0.3, 0.4) is 0 Å². The lowest BCUT2D eigenvalue weighted by Gasteiger charge is -2.42. The van der Waals surface area contributed by atoms with Crippen molar-refractivity contribution in [2.75, 3.05) is 18.5 Å². The van der Waals surface area contributed by atoms with Crippen molar-refractivity contribution in [3.8, 4) is 6.07 Å². The van der Waals surface area contributed by atoms with E-state index < -0.39 is 27.6 Å². The minimum absolute atomic E-state index is 0.124. The van der Waals surface area contributed by atoms with Gasteiger partial charge in [-0.15, -0.1) is 0 Å². The van der Waals surface area contributed by atoms with Gasteiger partial charge in [0, 0.05) is 33.7 Å². The van der Waals surface area contributed by atoms with Gasteiger partial charge in [-0.25, -0.2) is 18.4 Å². The second kappa shape index (κ2) is 12.4. The molecule has 42 heavy (non-hydrogen) atoms. The molecule has 3 aromatic carbocycles. The number of carbonyl (C=O) groups excluding carboxylic acids is 1. The van der Waals surface area contributed by atoms with Gasteiger partial charge < -0.3 is 19.9 Å². The van der Waals surface area contributed by atoms with Crippen molar-refractivity contribution < 1.29 is 28.2 Å². The quantitative estimate of drug-likeness (QED) is 0.281. The molecule has 5 rings (SSSR count). The van der Waals surface area contributed by atoms with Crippen LogP contribution in [0.25, 0.3) is 0 Å². The molecule has 1 aliphatic heterocycles. The van der Waals surface area contributed by atoms with E-state index in [0.29, 0.717) is 42.0 Å². The van der Waals surface area contributed by atoms with E-state index in [-0.39, 0.29) is 18.0 Å². The number of amides is 1. The predicted molar refractivity (Wildman–Crippen MR) is 151 cm³/mol. The molecule has 0 radical (unpaired) electrons. The average molecular weight is 592 g/mol. The highest BCUT2D eigenvalue weighted by atomic mass is 32.2. The molecule has 0 spiro atoms. The van der Waals surface area contributed by atoms with Crippen molar-refractivity contribution in [3.63, 3.8) is 0 Å². The van der Waals surface area contributed by atoms with Crippen molar-refractivity contribution in [2.45, 2.75) is 35.9 Å². The summed E-state index contributed by atoms with van der Waals surface area (Å²) in [5, 5.41) is 25.7. The summed E-state index contributed by atoms with van der Waals surface area (Å²) in [7, 11) is 0. The van der Waals surface area contributed by atoms with E-state index in [0.717, 1.165) is 23.9 Å². The van der Waals surface area contributed by atoms with Gasteiger partial charge in [0.15, 0.2) is 0 Å². The molecule has 1 aromatic heterocycles. The van der Waals surface area contributed by atoms with Crippen LogP contribution in [0.4, 0.5) is 14.5 Å². The number of nitrogens with zero attached hydrogens (tertiary/aromatic N) is 4. The Hall–Kier alpha value is -4.15. The molecule has 12 heteroatoms. The highest BCUT2D eigenvalue weighted by molar-refractivity contribution is 8.00. The van der Waals surface area contributed by atoms with Gasteiger partial charge >= 0.3 is 0 Å². The summed E-state index contributed by atoms with van der Waals surface area (Å²) in [4.78, 5) is 17.0. The molecule has 1 aliphatic rings. The van der Waals surface area contributed by atoms with E-state index in [1.54, 1.807) is 55.5 Å². The topological polar surface area (TPSA) is 122 Å². The summed E-state index contributed by atoms with van der Waals surface area (Å²) in [5.41, 5.74) is -0.205. The lowest BCUT2D eigenvalue weighted by molar-refractivity contribution is -0.213. The Balaban J connectivity index is 1.47. The Morgan fingerprint density at radius 3 is 2.62 bits per heavy atom. The lowest BCUT2D eigenvalue weighted by atomic mass is 9.90. The minimum Gasteiger partial charge on any atom is -0.382 e. The number of halogens is 2. The van der Waals surface area contributed by atoms with Crippen LogP contribution in [0.15, 0.2) is 79.4 Å². The van der Waals surface area contributed by atoms with Gasteiger partial charge in [0.05, 0.1) is 31.4 Å². The zero-order valence-electron chi connectivity index (χ0n) is 22.5. The normalized spacial score (nSPS) is 16.6. The number of nitriles is 1. The number of nitrogens with one attached hydrogen (secondary N) is 1. The van der Waals surface area contributed by atoms with Crippen molar-refractivity contribution in [2.24, 2.45) is 0 Å². The number of aromatic nitrogens is 3. The van der Waals surface area contributed by atoms with Gasteiger partial charge in [-0.05, 0) is 55.8 Å². The summed E-state index contributed by atoms with van der Waals surface area (Å²) in [6, 6.07) is 18.3. The van der Waals surface area contributed by atoms with Crippen LogP contribution < -0.4 is 5.32 Å². The SMILES string of the molecule is C[C@H](SC1(c2cccc(C(=O)Nc3ccc(C#N)cc3)c2)OCCCO1)[C@](O)(Cn1cncn1)c1ccc(F)cc1F. The first-order valence-electron chi connectivity index (χ1n) is 13.1. The molecule has 0 bridgehead atoms. The summed E-state index contributed by atoms with van der Waals surface area (Å²) in [5.74, 6) is -2.07. The molecular weight excluding hydrogens is 564 g/mol. The van der Waals surface area contributed by atoms with E-state index in [4.69, 9.17) is 14.7 Å². The molecule has 0 aliphatic carbocycles. The monoisotopic (exact) mass is 591 g/mol. The predicted octanol–water partition coefficient (Wildman–Crippen LogP) is 4.94. The van der Waals surface area contributed by atoms with Crippen molar-refractivity contribution in [1.29, 1.82) is 5.26 Å². The van der Waals surface area contributed by atoms with E-state index >= 15 is 4.39 Å². The molecule has 216 valence electrons. The molecule has 9 nitrogen and oxygen atoms in total. The number of anilines is 1. The maximum absolute atomic E-state index is 15.1. The molecule has 2 heterocycles. The number of hydrogen-bond donors (Lipinski definition) is 2. The second-order valence-corrected chi connectivity index (χ2v) is 11.2. The maximum Gasteiger partial charge on any atom is 0.255 e. The van der Waals surface area contributed by atoms with E-state index in [1.807, 2.05) is 6.07 Å². The highest BCUT2D eigenvalue weighted by Gasteiger charge is 2.47. The van der Waals surface area contributed by atoms with E-state index in [9.17, 15) is 14.3 Å². The number of rotatable bonds is 9. The maximum atomic E-state index is 15.1. The smallest absolute Gasteiger partial charge is 0.255 e. The summed E-state index contributed by atoms with van der Waals surface area (Å²) >= 11 is 1.11. The Morgan fingerprint density at radius 1 is 1.19 bits per heavy atom. The molecule has 0 unspecified atom stereocenters. The van der Waals surface area contributed by atoms with Gasteiger partial charge in [0.25, 0.3) is 5.91 Å². The highest BCUT2D eigenvalue weighted by Crippen LogP contribution is 2.49. The van der Waals surface area contributed by atoms with Crippen LogP contribution in [0.5, 0.6) is 0 Å². The van der Waals surface area contributed by atoms with Gasteiger partial charge in [0.2, 0.25) is 5.12 Å². The molecule has 1 saturated heterocycles. The number of thioether (sulfide) groups is 1. The van der Waals surface area contributed by atoms with Crippen LogP contribution in [0.1, 0.15) is 40.4 Å². The molecule has 4 aromatic rings. The Labute approximate surface area is 245 Å². The third kappa shape index (κ3) is 6.19. The van der Waals surface area contributed by atoms with Crippen LogP contribution in [0.2, 0.25) is 0 Å². The molecule has 1 amide bonds. The van der Waals surface area contributed by atoms with E-state index in [2.05, 4.69) is 15.4 Å². The lowest BCUT2D eigenvalue weighted by Crippen LogP contribution is -2.45. The number of hydrogen-bond acceptors (Lipinski definition) is 8. The second-order valence-electron chi connectivity index (χ2n) is 9.73. The Bertz CT molecular complexity index is 1590. The van der Waals surface area contributed by atoms with Crippen LogP contribution in [-0.2, 0) is 26.7 Å². The zero-order chi connectivity index (χ0) is 29.7. The zero-order valence-corrected chi connectivity index (χ0v) is 23.4. The molecule has 1 fully saturated rings. The number of ether oxygens (including phenoxy) is 2. The third-order valence-corrected chi connectivity index (χ3v) is 8.42.